The first-order valence-electron chi connectivity index (χ1n) is 11.0. The molecule has 1 fully saturated rings. The maximum Gasteiger partial charge on any atom is 0.325 e. The second kappa shape index (κ2) is 14.2. The molecule has 6 nitrogen and oxygen atoms in total. The van der Waals surface area contributed by atoms with E-state index >= 15 is 0 Å². The minimum absolute atomic E-state index is 0.0416. The van der Waals surface area contributed by atoms with Crippen molar-refractivity contribution in [3.63, 3.8) is 0 Å². The molecule has 0 aromatic heterocycles. The third-order valence-corrected chi connectivity index (χ3v) is 5.21. The predicted molar refractivity (Wildman–Crippen MR) is 117 cm³/mol. The maximum atomic E-state index is 12.1. The molecule has 1 aliphatic rings. The van der Waals surface area contributed by atoms with Crippen molar-refractivity contribution in [1.82, 2.24) is 5.32 Å². The molecule has 1 saturated heterocycles. The molecular formula is C24H37NO5. The lowest BCUT2D eigenvalue weighted by Gasteiger charge is -2.27. The Balaban J connectivity index is 1.79. The van der Waals surface area contributed by atoms with Crippen LogP contribution in [0.1, 0.15) is 51.0 Å². The first-order valence-corrected chi connectivity index (χ1v) is 11.0. The molecule has 2 rings (SSSR count). The van der Waals surface area contributed by atoms with Crippen LogP contribution in [0, 0.1) is 0 Å². The minimum atomic E-state index is -0.288. The molecule has 0 amide bonds. The lowest BCUT2D eigenvalue weighted by Crippen LogP contribution is -2.35. The van der Waals surface area contributed by atoms with Crippen LogP contribution in [-0.2, 0) is 30.3 Å². The van der Waals surface area contributed by atoms with Gasteiger partial charge in [-0.05, 0) is 24.8 Å². The number of methoxy groups -OCH3 is 1. The Morgan fingerprint density at radius 3 is 2.77 bits per heavy atom. The molecular weight excluding hydrogens is 382 g/mol. The predicted octanol–water partition coefficient (Wildman–Crippen LogP) is 3.99. The van der Waals surface area contributed by atoms with Gasteiger partial charge in [0.05, 0.1) is 25.4 Å². The van der Waals surface area contributed by atoms with Gasteiger partial charge >= 0.3 is 5.97 Å². The van der Waals surface area contributed by atoms with Gasteiger partial charge in [0.2, 0.25) is 0 Å². The first kappa shape index (κ1) is 24.4. The minimum Gasteiger partial charge on any atom is -0.459 e. The molecule has 168 valence electrons. The molecule has 1 aromatic rings. The van der Waals surface area contributed by atoms with Crippen LogP contribution in [0.25, 0.3) is 0 Å². The van der Waals surface area contributed by atoms with E-state index in [1.165, 1.54) is 0 Å². The highest BCUT2D eigenvalue weighted by Crippen LogP contribution is 2.19. The second-order valence-electron chi connectivity index (χ2n) is 7.74. The van der Waals surface area contributed by atoms with Gasteiger partial charge in [0.15, 0.2) is 0 Å². The van der Waals surface area contributed by atoms with Crippen LogP contribution in [0.4, 0.5) is 0 Å². The van der Waals surface area contributed by atoms with E-state index in [9.17, 15) is 4.79 Å². The van der Waals surface area contributed by atoms with Gasteiger partial charge in [0.1, 0.15) is 12.6 Å². The Morgan fingerprint density at radius 1 is 1.30 bits per heavy atom. The van der Waals surface area contributed by atoms with Crippen LogP contribution < -0.4 is 5.32 Å². The number of ether oxygens (including phenoxy) is 4. The highest BCUT2D eigenvalue weighted by atomic mass is 16.6. The fraction of sp³-hybridized carbons (Fsp3) is 0.625. The van der Waals surface area contributed by atoms with E-state index in [2.05, 4.69) is 31.0 Å². The summed E-state index contributed by atoms with van der Waals surface area (Å²) >= 11 is 0. The lowest BCUT2D eigenvalue weighted by molar-refractivity contribution is -0.154. The molecule has 0 bridgehead atoms. The Bertz CT molecular complexity index is 615. The zero-order valence-electron chi connectivity index (χ0n) is 18.4. The molecule has 1 heterocycles. The van der Waals surface area contributed by atoms with Crippen molar-refractivity contribution in [2.24, 2.45) is 0 Å². The molecule has 0 spiro atoms. The fourth-order valence-corrected chi connectivity index (χ4v) is 3.47. The molecule has 0 radical (unpaired) electrons. The van der Waals surface area contributed by atoms with E-state index in [1.807, 2.05) is 18.2 Å². The fourth-order valence-electron chi connectivity index (χ4n) is 3.47. The van der Waals surface area contributed by atoms with Gasteiger partial charge in [-0.15, -0.1) is 0 Å². The number of hydrogen-bond acceptors (Lipinski definition) is 6. The van der Waals surface area contributed by atoms with Crippen molar-refractivity contribution >= 4 is 5.97 Å². The number of carbonyl (C=O) groups is 1. The quantitative estimate of drug-likeness (QED) is 0.460. The van der Waals surface area contributed by atoms with Crippen LogP contribution in [0.15, 0.2) is 42.6 Å². The van der Waals surface area contributed by atoms with Crippen LogP contribution in [0.5, 0.6) is 0 Å². The third-order valence-electron chi connectivity index (χ3n) is 5.21. The van der Waals surface area contributed by atoms with Gasteiger partial charge in [-0.3, -0.25) is 4.79 Å². The van der Waals surface area contributed by atoms with Gasteiger partial charge in [0, 0.05) is 25.8 Å². The number of esters is 1. The standard InChI is InChI=1S/C24H37NO5/c1-4-5-13-22(29-17-20-10-7-6-8-11-20)23(27-3)15-19(2)25-16-24(26)30-21-12-9-14-28-18-21/h6-8,10-11,21-23,25H,2,4-5,9,12-18H2,1,3H3/t21-,22-,23+/m1/s1. The van der Waals surface area contributed by atoms with E-state index in [1.54, 1.807) is 7.11 Å². The summed E-state index contributed by atoms with van der Waals surface area (Å²) < 4.78 is 22.7. The molecule has 0 aliphatic carbocycles. The van der Waals surface area contributed by atoms with Crippen molar-refractivity contribution in [2.45, 2.75) is 70.4 Å². The number of nitrogens with one attached hydrogen (secondary N) is 1. The summed E-state index contributed by atoms with van der Waals surface area (Å²) in [6, 6.07) is 10.1. The summed E-state index contributed by atoms with van der Waals surface area (Å²) in [5.74, 6) is -0.288. The second-order valence-corrected chi connectivity index (χ2v) is 7.74. The number of benzene rings is 1. The van der Waals surface area contributed by atoms with Gasteiger partial charge in [-0.2, -0.15) is 0 Å². The Kier molecular flexibility index (Phi) is 11.5. The van der Waals surface area contributed by atoms with Gasteiger partial charge in [-0.1, -0.05) is 56.7 Å². The molecule has 0 unspecified atom stereocenters. The van der Waals surface area contributed by atoms with Gasteiger partial charge in [0.25, 0.3) is 0 Å². The van der Waals surface area contributed by atoms with Crippen LogP contribution in [0.2, 0.25) is 0 Å². The molecule has 6 heteroatoms. The summed E-state index contributed by atoms with van der Waals surface area (Å²) in [6.45, 7) is 8.09. The number of rotatable bonds is 14. The van der Waals surface area contributed by atoms with Crippen LogP contribution >= 0.6 is 0 Å². The zero-order chi connectivity index (χ0) is 21.6. The van der Waals surface area contributed by atoms with E-state index in [-0.39, 0.29) is 30.8 Å². The van der Waals surface area contributed by atoms with E-state index in [4.69, 9.17) is 18.9 Å². The smallest absolute Gasteiger partial charge is 0.325 e. The number of carbonyl (C=O) groups excluding carboxylic acids is 1. The first-order chi connectivity index (χ1) is 14.6. The van der Waals surface area contributed by atoms with Crippen molar-refractivity contribution in [2.75, 3.05) is 26.9 Å². The highest BCUT2D eigenvalue weighted by Gasteiger charge is 2.23. The summed E-state index contributed by atoms with van der Waals surface area (Å²) in [4.78, 5) is 12.1. The van der Waals surface area contributed by atoms with Gasteiger partial charge < -0.3 is 24.3 Å². The van der Waals surface area contributed by atoms with Crippen molar-refractivity contribution in [3.8, 4) is 0 Å². The van der Waals surface area contributed by atoms with Crippen molar-refractivity contribution in [3.05, 3.63) is 48.2 Å². The number of unbranched alkanes of at least 4 members (excludes halogenated alkanes) is 1. The molecule has 3 atom stereocenters. The topological polar surface area (TPSA) is 66.0 Å². The normalized spacial score (nSPS) is 18.4. The van der Waals surface area contributed by atoms with E-state index < -0.39 is 0 Å². The molecule has 1 N–H and O–H groups in total. The van der Waals surface area contributed by atoms with E-state index in [0.29, 0.717) is 19.6 Å². The molecule has 1 aliphatic heterocycles. The average Bonchev–Trinajstić information content (AvgIpc) is 2.78. The molecule has 1 aromatic carbocycles. The lowest BCUT2D eigenvalue weighted by atomic mass is 10.0. The van der Waals surface area contributed by atoms with Gasteiger partial charge in [-0.25, -0.2) is 0 Å². The average molecular weight is 420 g/mol. The maximum absolute atomic E-state index is 12.1. The summed E-state index contributed by atoms with van der Waals surface area (Å²) in [5.41, 5.74) is 1.88. The van der Waals surface area contributed by atoms with Crippen LogP contribution in [-0.4, -0.2) is 51.1 Å². The molecule has 0 saturated carbocycles. The molecule has 30 heavy (non-hydrogen) atoms. The van der Waals surface area contributed by atoms with Crippen LogP contribution in [0.3, 0.4) is 0 Å². The Morgan fingerprint density at radius 2 is 2.10 bits per heavy atom. The zero-order valence-corrected chi connectivity index (χ0v) is 18.4. The summed E-state index contributed by atoms with van der Waals surface area (Å²) in [5, 5.41) is 3.08. The highest BCUT2D eigenvalue weighted by molar-refractivity contribution is 5.72. The van der Waals surface area contributed by atoms with Crippen molar-refractivity contribution < 1.29 is 23.7 Å². The Labute approximate surface area is 180 Å². The third kappa shape index (κ3) is 9.28. The summed E-state index contributed by atoms with van der Waals surface area (Å²) in [6.07, 6.45) is 5.11. The van der Waals surface area contributed by atoms with E-state index in [0.717, 1.165) is 50.0 Å². The summed E-state index contributed by atoms with van der Waals surface area (Å²) in [7, 11) is 1.69. The Hall–Kier alpha value is -1.89. The monoisotopic (exact) mass is 419 g/mol. The number of hydrogen-bond donors (Lipinski definition) is 1. The largest absolute Gasteiger partial charge is 0.459 e. The van der Waals surface area contributed by atoms with Crippen molar-refractivity contribution in [1.29, 1.82) is 0 Å². The SMILES string of the molecule is C=C(C[C@H](OC)[C@@H](CCCC)OCc1ccccc1)NCC(=O)O[C@@H]1CCCOC1.